The molecular formula is C21H17N3O3S. The summed E-state index contributed by atoms with van der Waals surface area (Å²) in [6.07, 6.45) is 0. The molecular weight excluding hydrogens is 374 g/mol. The van der Waals surface area contributed by atoms with E-state index in [1.54, 1.807) is 24.6 Å². The zero-order valence-electron chi connectivity index (χ0n) is 15.3. The van der Waals surface area contributed by atoms with Gasteiger partial charge < -0.3 is 9.15 Å². The predicted molar refractivity (Wildman–Crippen MR) is 112 cm³/mol. The second kappa shape index (κ2) is 7.66. The summed E-state index contributed by atoms with van der Waals surface area (Å²) in [5, 5.41) is 7.53. The van der Waals surface area contributed by atoms with Crippen molar-refractivity contribution < 1.29 is 9.15 Å². The van der Waals surface area contributed by atoms with Gasteiger partial charge in [-0.25, -0.2) is 9.78 Å². The number of hydrazone groups is 1. The van der Waals surface area contributed by atoms with Crippen molar-refractivity contribution in [3.05, 3.63) is 76.0 Å². The lowest BCUT2D eigenvalue weighted by Crippen LogP contribution is -2.04. The average Bonchev–Trinajstić information content (AvgIpc) is 3.20. The fourth-order valence-corrected chi connectivity index (χ4v) is 3.43. The molecule has 0 atom stereocenters. The number of benzene rings is 2. The number of anilines is 1. The predicted octanol–water partition coefficient (Wildman–Crippen LogP) is 4.76. The standard InChI is InChI=1S/C21H17N3O3S/c1-13(14-7-4-3-5-8-14)23-24-21-22-17(12-28-21)16-11-15-9-6-10-18(26-2)19(15)27-20(16)25/h3-12H,1-2H3,(H,22,24)/b23-13-. The van der Waals surface area contributed by atoms with Gasteiger partial charge in [0.05, 0.1) is 24.1 Å². The number of nitrogens with zero attached hydrogens (tertiary/aromatic N) is 2. The molecule has 0 amide bonds. The zero-order chi connectivity index (χ0) is 19.5. The third-order valence-corrected chi connectivity index (χ3v) is 4.98. The Hall–Kier alpha value is -3.45. The lowest BCUT2D eigenvalue weighted by atomic mass is 10.1. The summed E-state index contributed by atoms with van der Waals surface area (Å²) in [6.45, 7) is 1.92. The molecule has 4 rings (SSSR count). The molecule has 0 saturated heterocycles. The summed E-state index contributed by atoms with van der Waals surface area (Å²) in [4.78, 5) is 16.9. The van der Waals surface area contributed by atoms with E-state index in [0.29, 0.717) is 27.7 Å². The van der Waals surface area contributed by atoms with Gasteiger partial charge in [-0.2, -0.15) is 5.10 Å². The molecule has 2 heterocycles. The van der Waals surface area contributed by atoms with Crippen molar-refractivity contribution >= 4 is 33.1 Å². The number of para-hydroxylation sites is 1. The molecule has 7 heteroatoms. The van der Waals surface area contributed by atoms with Crippen LogP contribution in [0, 0.1) is 0 Å². The van der Waals surface area contributed by atoms with Crippen LogP contribution in [-0.4, -0.2) is 17.8 Å². The highest BCUT2D eigenvalue weighted by Crippen LogP contribution is 2.29. The first-order valence-corrected chi connectivity index (χ1v) is 9.46. The van der Waals surface area contributed by atoms with Crippen LogP contribution >= 0.6 is 11.3 Å². The smallest absolute Gasteiger partial charge is 0.345 e. The van der Waals surface area contributed by atoms with Gasteiger partial charge in [-0.05, 0) is 24.6 Å². The maximum atomic E-state index is 12.5. The number of nitrogens with one attached hydrogen (secondary N) is 1. The highest BCUT2D eigenvalue weighted by molar-refractivity contribution is 7.14. The van der Waals surface area contributed by atoms with Crippen LogP contribution in [0.4, 0.5) is 5.13 Å². The Morgan fingerprint density at radius 1 is 1.18 bits per heavy atom. The molecule has 0 aliphatic carbocycles. The summed E-state index contributed by atoms with van der Waals surface area (Å²) in [5.74, 6) is 0.521. The molecule has 28 heavy (non-hydrogen) atoms. The molecule has 6 nitrogen and oxygen atoms in total. The van der Waals surface area contributed by atoms with Gasteiger partial charge in [0, 0.05) is 10.8 Å². The highest BCUT2D eigenvalue weighted by Gasteiger charge is 2.13. The van der Waals surface area contributed by atoms with E-state index in [4.69, 9.17) is 9.15 Å². The summed E-state index contributed by atoms with van der Waals surface area (Å²) >= 11 is 1.37. The minimum absolute atomic E-state index is 0.397. The minimum atomic E-state index is -0.460. The largest absolute Gasteiger partial charge is 0.493 e. The van der Waals surface area contributed by atoms with Crippen LogP contribution in [0.15, 0.2) is 74.3 Å². The normalized spacial score (nSPS) is 11.6. The van der Waals surface area contributed by atoms with E-state index in [1.165, 1.54) is 11.3 Å². The fourth-order valence-electron chi connectivity index (χ4n) is 2.78. The van der Waals surface area contributed by atoms with Crippen LogP contribution in [-0.2, 0) is 0 Å². The summed E-state index contributed by atoms with van der Waals surface area (Å²) in [5.41, 5.74) is 5.72. The highest BCUT2D eigenvalue weighted by atomic mass is 32.1. The maximum Gasteiger partial charge on any atom is 0.345 e. The number of hydrogen-bond acceptors (Lipinski definition) is 7. The summed E-state index contributed by atoms with van der Waals surface area (Å²) in [7, 11) is 1.54. The lowest BCUT2D eigenvalue weighted by Gasteiger charge is -2.04. The van der Waals surface area contributed by atoms with Gasteiger partial charge in [-0.3, -0.25) is 5.43 Å². The minimum Gasteiger partial charge on any atom is -0.493 e. The Morgan fingerprint density at radius 3 is 2.79 bits per heavy atom. The van der Waals surface area contributed by atoms with Crippen LogP contribution in [0.5, 0.6) is 5.75 Å². The van der Waals surface area contributed by atoms with Crippen LogP contribution < -0.4 is 15.8 Å². The second-order valence-electron chi connectivity index (χ2n) is 6.04. The van der Waals surface area contributed by atoms with E-state index in [-0.39, 0.29) is 0 Å². The molecule has 1 N–H and O–H groups in total. The molecule has 0 spiro atoms. The van der Waals surface area contributed by atoms with Crippen LogP contribution in [0.3, 0.4) is 0 Å². The van der Waals surface area contributed by atoms with Crippen molar-refractivity contribution in [2.24, 2.45) is 5.10 Å². The van der Waals surface area contributed by atoms with Crippen molar-refractivity contribution in [1.82, 2.24) is 4.98 Å². The van der Waals surface area contributed by atoms with E-state index >= 15 is 0 Å². The summed E-state index contributed by atoms with van der Waals surface area (Å²) in [6, 6.07) is 17.1. The van der Waals surface area contributed by atoms with Crippen molar-refractivity contribution in [2.45, 2.75) is 6.92 Å². The molecule has 0 fully saturated rings. The first-order valence-electron chi connectivity index (χ1n) is 8.58. The van der Waals surface area contributed by atoms with Gasteiger partial charge in [0.15, 0.2) is 11.3 Å². The topological polar surface area (TPSA) is 76.7 Å². The van der Waals surface area contributed by atoms with Gasteiger partial charge in [0.25, 0.3) is 0 Å². The summed E-state index contributed by atoms with van der Waals surface area (Å²) < 4.78 is 10.7. The van der Waals surface area contributed by atoms with Gasteiger partial charge >= 0.3 is 5.63 Å². The molecule has 140 valence electrons. The number of hydrogen-bond donors (Lipinski definition) is 1. The quantitative estimate of drug-likeness (QED) is 0.301. The molecule has 0 bridgehead atoms. The molecule has 0 aliphatic rings. The number of thiazole rings is 1. The van der Waals surface area contributed by atoms with E-state index in [2.05, 4.69) is 15.5 Å². The van der Waals surface area contributed by atoms with Crippen LogP contribution in [0.25, 0.3) is 22.2 Å². The molecule has 4 aromatic rings. The number of rotatable bonds is 5. The molecule has 0 radical (unpaired) electrons. The lowest BCUT2D eigenvalue weighted by molar-refractivity contribution is 0.407. The Labute approximate surface area is 165 Å². The first kappa shape index (κ1) is 17.9. The Morgan fingerprint density at radius 2 is 2.00 bits per heavy atom. The molecule has 2 aromatic carbocycles. The number of ether oxygens (including phenoxy) is 1. The van der Waals surface area contributed by atoms with Gasteiger partial charge in [-0.15, -0.1) is 11.3 Å². The van der Waals surface area contributed by atoms with Crippen molar-refractivity contribution in [2.75, 3.05) is 12.5 Å². The van der Waals surface area contributed by atoms with Crippen molar-refractivity contribution in [1.29, 1.82) is 0 Å². The van der Waals surface area contributed by atoms with Crippen LogP contribution in [0.1, 0.15) is 12.5 Å². The molecule has 0 saturated carbocycles. The zero-order valence-corrected chi connectivity index (χ0v) is 16.1. The number of aromatic nitrogens is 1. The third kappa shape index (κ3) is 3.52. The molecule has 0 aliphatic heterocycles. The Kier molecular flexibility index (Phi) is 4.90. The Balaban J connectivity index is 1.63. The fraction of sp³-hybridized carbons (Fsp3) is 0.0952. The van der Waals surface area contributed by atoms with E-state index < -0.39 is 5.63 Å². The third-order valence-electron chi connectivity index (χ3n) is 4.23. The van der Waals surface area contributed by atoms with E-state index in [1.807, 2.05) is 49.4 Å². The average molecular weight is 391 g/mol. The molecule has 0 unspecified atom stereocenters. The van der Waals surface area contributed by atoms with Crippen molar-refractivity contribution in [3.63, 3.8) is 0 Å². The van der Waals surface area contributed by atoms with Gasteiger partial charge in [0.2, 0.25) is 5.13 Å². The molecule has 2 aromatic heterocycles. The van der Waals surface area contributed by atoms with E-state index in [9.17, 15) is 4.79 Å². The van der Waals surface area contributed by atoms with Crippen LogP contribution in [0.2, 0.25) is 0 Å². The number of methoxy groups -OCH3 is 1. The second-order valence-corrected chi connectivity index (χ2v) is 6.90. The van der Waals surface area contributed by atoms with Gasteiger partial charge in [0.1, 0.15) is 0 Å². The SMILES string of the molecule is COc1cccc2cc(-c3csc(N/N=C(/C)c4ccccc4)n3)c(=O)oc12. The monoisotopic (exact) mass is 391 g/mol. The number of fused-ring (bicyclic) bond motifs is 1. The Bertz CT molecular complexity index is 1210. The van der Waals surface area contributed by atoms with Gasteiger partial charge in [-0.1, -0.05) is 42.5 Å². The van der Waals surface area contributed by atoms with Crippen molar-refractivity contribution in [3.8, 4) is 17.0 Å². The van der Waals surface area contributed by atoms with E-state index in [0.717, 1.165) is 16.7 Å². The maximum absolute atomic E-state index is 12.5. The first-order chi connectivity index (χ1) is 13.7.